The van der Waals surface area contributed by atoms with Crippen LogP contribution in [0.25, 0.3) is 32.2 Å². The zero-order chi connectivity index (χ0) is 21.6. The van der Waals surface area contributed by atoms with Gasteiger partial charge in [-0.2, -0.15) is 0 Å². The Kier molecular flexibility index (Phi) is 4.68. The maximum absolute atomic E-state index is 13.7. The molecule has 0 saturated heterocycles. The largest absolute Gasteiger partial charge is 0.493 e. The van der Waals surface area contributed by atoms with Crippen LogP contribution in [0.4, 0.5) is 0 Å². The normalized spacial score (nSPS) is 11.8. The molecular formula is C23H18N2O4S2. The third-order valence-electron chi connectivity index (χ3n) is 5.21. The SMILES string of the molecule is COc1ccc(-c2cn(S(=O)(=O)c3csc4ccccc34)c3ncccc23)cc1OC. The van der Waals surface area contributed by atoms with Gasteiger partial charge >= 0.3 is 0 Å². The Morgan fingerprint density at radius 2 is 1.71 bits per heavy atom. The Bertz CT molecular complexity index is 1530. The highest BCUT2D eigenvalue weighted by Crippen LogP contribution is 2.38. The summed E-state index contributed by atoms with van der Waals surface area (Å²) in [6.07, 6.45) is 3.22. The number of methoxy groups -OCH3 is 2. The number of benzene rings is 2. The zero-order valence-electron chi connectivity index (χ0n) is 16.8. The summed E-state index contributed by atoms with van der Waals surface area (Å²) in [5.41, 5.74) is 1.93. The number of aromatic nitrogens is 2. The van der Waals surface area contributed by atoms with Gasteiger partial charge in [0.25, 0.3) is 10.0 Å². The van der Waals surface area contributed by atoms with E-state index in [0.717, 1.165) is 21.2 Å². The number of nitrogens with zero attached hydrogens (tertiary/aromatic N) is 2. The summed E-state index contributed by atoms with van der Waals surface area (Å²) in [4.78, 5) is 4.66. The molecule has 31 heavy (non-hydrogen) atoms. The van der Waals surface area contributed by atoms with Crippen LogP contribution in [0.15, 0.2) is 77.3 Å². The summed E-state index contributed by atoms with van der Waals surface area (Å²) in [5, 5.41) is 3.13. The van der Waals surface area contributed by atoms with Crippen molar-refractivity contribution < 1.29 is 17.9 Å². The van der Waals surface area contributed by atoms with Crippen molar-refractivity contribution in [3.63, 3.8) is 0 Å². The number of hydrogen-bond donors (Lipinski definition) is 0. The Balaban J connectivity index is 1.75. The van der Waals surface area contributed by atoms with E-state index < -0.39 is 10.0 Å². The molecule has 0 bridgehead atoms. The van der Waals surface area contributed by atoms with Crippen LogP contribution in [0, 0.1) is 0 Å². The quantitative estimate of drug-likeness (QED) is 0.369. The molecule has 0 radical (unpaired) electrons. The van der Waals surface area contributed by atoms with Crippen LogP contribution >= 0.6 is 11.3 Å². The Morgan fingerprint density at radius 1 is 0.935 bits per heavy atom. The Morgan fingerprint density at radius 3 is 2.52 bits per heavy atom. The predicted octanol–water partition coefficient (Wildman–Crippen LogP) is 5.17. The summed E-state index contributed by atoms with van der Waals surface area (Å²) in [5.74, 6) is 1.17. The summed E-state index contributed by atoms with van der Waals surface area (Å²) in [7, 11) is -0.713. The number of rotatable bonds is 5. The molecule has 0 unspecified atom stereocenters. The average molecular weight is 451 g/mol. The van der Waals surface area contributed by atoms with Crippen molar-refractivity contribution in [1.82, 2.24) is 8.96 Å². The van der Waals surface area contributed by atoms with Gasteiger partial charge in [-0.15, -0.1) is 11.3 Å². The first-order valence-corrected chi connectivity index (χ1v) is 11.8. The molecule has 5 aromatic rings. The molecule has 6 nitrogen and oxygen atoms in total. The minimum Gasteiger partial charge on any atom is -0.493 e. The first-order valence-electron chi connectivity index (χ1n) is 9.45. The van der Waals surface area contributed by atoms with Crippen LogP contribution in [0.3, 0.4) is 0 Å². The Hall–Kier alpha value is -3.36. The number of hydrogen-bond acceptors (Lipinski definition) is 6. The minimum atomic E-state index is -3.86. The maximum atomic E-state index is 13.7. The predicted molar refractivity (Wildman–Crippen MR) is 123 cm³/mol. The van der Waals surface area contributed by atoms with Crippen LogP contribution in [0.1, 0.15) is 0 Å². The monoisotopic (exact) mass is 450 g/mol. The van der Waals surface area contributed by atoms with E-state index in [1.54, 1.807) is 44.1 Å². The van der Waals surface area contributed by atoms with Gasteiger partial charge in [0.2, 0.25) is 0 Å². The summed E-state index contributed by atoms with van der Waals surface area (Å²) < 4.78 is 40.3. The molecule has 0 saturated carbocycles. The molecule has 8 heteroatoms. The van der Waals surface area contributed by atoms with E-state index in [4.69, 9.17) is 9.47 Å². The van der Waals surface area contributed by atoms with Gasteiger partial charge in [-0.05, 0) is 35.9 Å². The van der Waals surface area contributed by atoms with Crippen LogP contribution in [-0.2, 0) is 10.0 Å². The third-order valence-corrected chi connectivity index (χ3v) is 8.01. The lowest BCUT2D eigenvalue weighted by molar-refractivity contribution is 0.355. The van der Waals surface area contributed by atoms with Crippen LogP contribution < -0.4 is 9.47 Å². The molecule has 0 aliphatic rings. The fraction of sp³-hybridized carbons (Fsp3) is 0.0870. The molecule has 0 spiro atoms. The second-order valence-corrected chi connectivity index (χ2v) is 9.58. The van der Waals surface area contributed by atoms with E-state index in [2.05, 4.69) is 4.98 Å². The lowest BCUT2D eigenvalue weighted by atomic mass is 10.1. The molecule has 2 aromatic carbocycles. The van der Waals surface area contributed by atoms with E-state index in [0.29, 0.717) is 22.5 Å². The highest BCUT2D eigenvalue weighted by atomic mass is 32.2. The van der Waals surface area contributed by atoms with Crippen molar-refractivity contribution in [2.45, 2.75) is 4.90 Å². The highest BCUT2D eigenvalue weighted by Gasteiger charge is 2.25. The van der Waals surface area contributed by atoms with Gasteiger partial charge in [-0.3, -0.25) is 0 Å². The molecule has 0 fully saturated rings. The third kappa shape index (κ3) is 3.07. The Labute approximate surface area is 183 Å². The van der Waals surface area contributed by atoms with E-state index in [1.807, 2.05) is 42.5 Å². The van der Waals surface area contributed by atoms with Gasteiger partial charge in [0, 0.05) is 38.8 Å². The smallest absolute Gasteiger partial charge is 0.270 e. The number of fused-ring (bicyclic) bond motifs is 2. The number of pyridine rings is 1. The van der Waals surface area contributed by atoms with Crippen molar-refractivity contribution >= 4 is 42.5 Å². The van der Waals surface area contributed by atoms with E-state index in [9.17, 15) is 8.42 Å². The molecule has 0 aliphatic heterocycles. The molecule has 156 valence electrons. The lowest BCUT2D eigenvalue weighted by Gasteiger charge is -2.09. The van der Waals surface area contributed by atoms with Gasteiger partial charge < -0.3 is 9.47 Å². The zero-order valence-corrected chi connectivity index (χ0v) is 18.4. The van der Waals surface area contributed by atoms with E-state index in [1.165, 1.54) is 15.3 Å². The number of thiophene rings is 1. The van der Waals surface area contributed by atoms with Gasteiger partial charge in [-0.25, -0.2) is 17.4 Å². The minimum absolute atomic E-state index is 0.273. The molecule has 3 heterocycles. The van der Waals surface area contributed by atoms with Crippen molar-refractivity contribution in [3.05, 3.63) is 72.4 Å². The molecular weight excluding hydrogens is 432 g/mol. The van der Waals surface area contributed by atoms with Crippen molar-refractivity contribution in [2.24, 2.45) is 0 Å². The van der Waals surface area contributed by atoms with Gasteiger partial charge in [-0.1, -0.05) is 24.3 Å². The maximum Gasteiger partial charge on any atom is 0.270 e. The number of ether oxygens (including phenoxy) is 2. The summed E-state index contributed by atoms with van der Waals surface area (Å²) in [6.45, 7) is 0. The van der Waals surface area contributed by atoms with Gasteiger partial charge in [0.15, 0.2) is 17.1 Å². The van der Waals surface area contributed by atoms with Crippen molar-refractivity contribution in [2.75, 3.05) is 14.2 Å². The van der Waals surface area contributed by atoms with E-state index in [-0.39, 0.29) is 4.90 Å². The molecule has 5 rings (SSSR count). The standard InChI is InChI=1S/C23H18N2O4S2/c1-28-19-10-9-15(12-20(19)29-2)18-13-25(23-16(18)7-5-11-24-23)31(26,27)22-14-30-21-8-4-3-6-17(21)22/h3-14H,1-2H3. The van der Waals surface area contributed by atoms with Crippen LogP contribution in [0.5, 0.6) is 11.5 Å². The van der Waals surface area contributed by atoms with E-state index >= 15 is 0 Å². The fourth-order valence-electron chi connectivity index (χ4n) is 3.71. The summed E-state index contributed by atoms with van der Waals surface area (Å²) >= 11 is 1.41. The molecule has 0 aliphatic carbocycles. The first kappa shape index (κ1) is 19.6. The fourth-order valence-corrected chi connectivity index (χ4v) is 6.51. The molecule has 3 aromatic heterocycles. The second kappa shape index (κ2) is 7.40. The molecule has 0 atom stereocenters. The van der Waals surface area contributed by atoms with Gasteiger partial charge in [0.05, 0.1) is 14.2 Å². The van der Waals surface area contributed by atoms with Crippen molar-refractivity contribution in [1.29, 1.82) is 0 Å². The van der Waals surface area contributed by atoms with Crippen LogP contribution in [-0.4, -0.2) is 31.6 Å². The van der Waals surface area contributed by atoms with Crippen molar-refractivity contribution in [3.8, 4) is 22.6 Å². The average Bonchev–Trinajstić information content (AvgIpc) is 3.41. The summed E-state index contributed by atoms with van der Waals surface area (Å²) in [6, 6.07) is 16.7. The highest BCUT2D eigenvalue weighted by molar-refractivity contribution is 7.90. The topological polar surface area (TPSA) is 70.4 Å². The lowest BCUT2D eigenvalue weighted by Crippen LogP contribution is -2.11. The molecule has 0 N–H and O–H groups in total. The molecule has 0 amide bonds. The first-order chi connectivity index (χ1) is 15.0. The van der Waals surface area contributed by atoms with Crippen LogP contribution in [0.2, 0.25) is 0 Å². The second-order valence-electron chi connectivity index (χ2n) is 6.88. The van der Waals surface area contributed by atoms with Gasteiger partial charge in [0.1, 0.15) is 4.90 Å².